The van der Waals surface area contributed by atoms with Gasteiger partial charge in [-0.05, 0) is 68.7 Å². The van der Waals surface area contributed by atoms with Gasteiger partial charge in [-0.25, -0.2) is 0 Å². The van der Waals surface area contributed by atoms with Crippen LogP contribution in [-0.2, 0) is 0 Å². The van der Waals surface area contributed by atoms with E-state index in [0.717, 1.165) is 32.3 Å². The maximum absolute atomic E-state index is 10.8. The Morgan fingerprint density at radius 3 is 1.19 bits per heavy atom. The zero-order valence-electron chi connectivity index (χ0n) is 17.0. The van der Waals surface area contributed by atoms with Crippen molar-refractivity contribution in [3.63, 3.8) is 0 Å². The molecule has 0 spiro atoms. The van der Waals surface area contributed by atoms with Crippen LogP contribution in [0.15, 0.2) is 107 Å². The molecule has 2 N–H and O–H groups in total. The molecular weight excluding hydrogens is 396 g/mol. The third-order valence-corrected chi connectivity index (χ3v) is 5.94. The van der Waals surface area contributed by atoms with E-state index in [2.05, 4.69) is 10.2 Å². The van der Waals surface area contributed by atoms with E-state index >= 15 is 0 Å². The Bertz CT molecular complexity index is 1580. The van der Waals surface area contributed by atoms with Crippen molar-refractivity contribution < 1.29 is 10.2 Å². The second kappa shape index (κ2) is 7.06. The predicted octanol–water partition coefficient (Wildman–Crippen LogP) is 8.13. The average Bonchev–Trinajstić information content (AvgIpc) is 2.83. The molecule has 0 bridgehead atoms. The van der Waals surface area contributed by atoms with E-state index in [4.69, 9.17) is 0 Å². The zero-order chi connectivity index (χ0) is 21.7. The molecule has 0 fully saturated rings. The molecule has 32 heavy (non-hydrogen) atoms. The van der Waals surface area contributed by atoms with E-state index < -0.39 is 0 Å². The first-order chi connectivity index (χ1) is 15.7. The summed E-state index contributed by atoms with van der Waals surface area (Å²) in [6.07, 6.45) is 0. The number of fused-ring (bicyclic) bond motifs is 4. The molecule has 0 aromatic heterocycles. The first-order valence-corrected chi connectivity index (χ1v) is 10.4. The minimum Gasteiger partial charge on any atom is -0.505 e. The van der Waals surface area contributed by atoms with Crippen molar-refractivity contribution in [2.45, 2.75) is 0 Å². The molecular formula is C28H18N2O2. The zero-order valence-corrected chi connectivity index (χ0v) is 17.0. The van der Waals surface area contributed by atoms with Crippen LogP contribution < -0.4 is 0 Å². The van der Waals surface area contributed by atoms with Crippen LogP contribution in [0.3, 0.4) is 0 Å². The molecule has 0 saturated heterocycles. The highest BCUT2D eigenvalue weighted by molar-refractivity contribution is 6.03. The van der Waals surface area contributed by atoms with Gasteiger partial charge in [0.05, 0.1) is 0 Å². The second-order valence-electron chi connectivity index (χ2n) is 7.91. The Labute approximate surface area is 183 Å². The fourth-order valence-electron chi connectivity index (χ4n) is 4.24. The van der Waals surface area contributed by atoms with Crippen molar-refractivity contribution >= 4 is 54.5 Å². The van der Waals surface area contributed by atoms with Crippen molar-refractivity contribution in [3.05, 3.63) is 97.1 Å². The smallest absolute Gasteiger partial charge is 0.150 e. The number of aromatic hydroxyl groups is 2. The van der Waals surface area contributed by atoms with Crippen molar-refractivity contribution in [2.24, 2.45) is 10.2 Å². The molecule has 0 atom stereocenters. The van der Waals surface area contributed by atoms with Crippen LogP contribution in [0.5, 0.6) is 11.5 Å². The summed E-state index contributed by atoms with van der Waals surface area (Å²) in [5.74, 6) is 0.145. The van der Waals surface area contributed by atoms with Gasteiger partial charge in [0, 0.05) is 10.8 Å². The van der Waals surface area contributed by atoms with Crippen molar-refractivity contribution in [1.29, 1.82) is 0 Å². The number of rotatable bonds is 2. The second-order valence-corrected chi connectivity index (χ2v) is 7.91. The number of hydrogen-bond acceptors (Lipinski definition) is 4. The fraction of sp³-hybridized carbons (Fsp3) is 0. The third-order valence-electron chi connectivity index (χ3n) is 5.94. The molecule has 4 nitrogen and oxygen atoms in total. The molecule has 6 rings (SSSR count). The Kier molecular flexibility index (Phi) is 4.05. The molecule has 0 aliphatic carbocycles. The van der Waals surface area contributed by atoms with Crippen LogP contribution >= 0.6 is 0 Å². The Morgan fingerprint density at radius 1 is 0.406 bits per heavy atom. The van der Waals surface area contributed by atoms with E-state index in [1.54, 1.807) is 12.1 Å². The van der Waals surface area contributed by atoms with Crippen LogP contribution in [0.1, 0.15) is 0 Å². The number of phenolic OH excluding ortho intramolecular Hbond substituents is 2. The van der Waals surface area contributed by atoms with E-state index in [9.17, 15) is 10.2 Å². The Morgan fingerprint density at radius 2 is 0.781 bits per heavy atom. The van der Waals surface area contributed by atoms with Gasteiger partial charge in [-0.2, -0.15) is 0 Å². The van der Waals surface area contributed by atoms with Gasteiger partial charge in [0.2, 0.25) is 0 Å². The molecule has 0 aliphatic rings. The third kappa shape index (κ3) is 2.93. The molecule has 4 heteroatoms. The predicted molar refractivity (Wildman–Crippen MR) is 130 cm³/mol. The molecule has 6 aromatic rings. The van der Waals surface area contributed by atoms with E-state index in [1.807, 2.05) is 84.9 Å². The normalized spacial score (nSPS) is 11.9. The average molecular weight is 414 g/mol. The summed E-state index contributed by atoms with van der Waals surface area (Å²) >= 11 is 0. The molecule has 6 aromatic carbocycles. The van der Waals surface area contributed by atoms with Crippen molar-refractivity contribution in [2.75, 3.05) is 0 Å². The van der Waals surface area contributed by atoms with Crippen LogP contribution in [-0.4, -0.2) is 10.2 Å². The lowest BCUT2D eigenvalue weighted by molar-refractivity contribution is 0.480. The first-order valence-electron chi connectivity index (χ1n) is 10.4. The van der Waals surface area contributed by atoms with Crippen LogP contribution in [0.25, 0.3) is 43.1 Å². The number of hydrogen-bond donors (Lipinski definition) is 2. The lowest BCUT2D eigenvalue weighted by atomic mass is 10.0. The maximum atomic E-state index is 10.8. The highest BCUT2D eigenvalue weighted by atomic mass is 16.3. The van der Waals surface area contributed by atoms with E-state index in [0.29, 0.717) is 22.1 Å². The summed E-state index contributed by atoms with van der Waals surface area (Å²) in [5, 5.41) is 37.8. The summed E-state index contributed by atoms with van der Waals surface area (Å²) in [6, 6.07) is 31.4. The summed E-state index contributed by atoms with van der Waals surface area (Å²) < 4.78 is 0. The molecule has 0 heterocycles. The van der Waals surface area contributed by atoms with Gasteiger partial charge in [0.25, 0.3) is 0 Å². The standard InChI is InChI=1S/C28H18N2O2/c31-27-23-15-19-7-3-1-5-17(19)13-21(23)9-11-25(27)29-30-26-12-10-22-14-18-6-2-4-8-20(18)16-24(22)28(26)32/h1-16,31-32H. The van der Waals surface area contributed by atoms with Gasteiger partial charge < -0.3 is 10.2 Å². The summed E-state index contributed by atoms with van der Waals surface area (Å²) in [7, 11) is 0. The molecule has 152 valence electrons. The summed E-state index contributed by atoms with van der Waals surface area (Å²) in [6.45, 7) is 0. The van der Waals surface area contributed by atoms with Crippen molar-refractivity contribution in [3.8, 4) is 11.5 Å². The van der Waals surface area contributed by atoms with Gasteiger partial charge in [0.15, 0.2) is 11.5 Å². The minimum atomic E-state index is 0.0725. The fourth-order valence-corrected chi connectivity index (χ4v) is 4.24. The lowest BCUT2D eigenvalue weighted by Crippen LogP contribution is -1.79. The van der Waals surface area contributed by atoms with Crippen LogP contribution in [0.2, 0.25) is 0 Å². The highest BCUT2D eigenvalue weighted by Gasteiger charge is 2.10. The van der Waals surface area contributed by atoms with E-state index in [-0.39, 0.29) is 11.5 Å². The first kappa shape index (κ1) is 18.3. The van der Waals surface area contributed by atoms with Gasteiger partial charge in [0.1, 0.15) is 11.4 Å². The summed E-state index contributed by atoms with van der Waals surface area (Å²) in [4.78, 5) is 0. The molecule has 0 amide bonds. The molecule has 0 saturated carbocycles. The van der Waals surface area contributed by atoms with E-state index in [1.165, 1.54) is 0 Å². The molecule has 0 radical (unpaired) electrons. The maximum Gasteiger partial charge on any atom is 0.150 e. The minimum absolute atomic E-state index is 0.0725. The van der Waals surface area contributed by atoms with Crippen LogP contribution in [0.4, 0.5) is 11.4 Å². The highest BCUT2D eigenvalue weighted by Crippen LogP contribution is 2.40. The number of phenols is 2. The molecule has 0 unspecified atom stereocenters. The number of nitrogens with zero attached hydrogens (tertiary/aromatic N) is 2. The SMILES string of the molecule is Oc1c(N=Nc2ccc3cc4ccccc4cc3c2O)ccc2cc3ccccc3cc12. The number of azo groups is 1. The molecule has 0 aliphatic heterocycles. The van der Waals surface area contributed by atoms with Crippen molar-refractivity contribution in [1.82, 2.24) is 0 Å². The lowest BCUT2D eigenvalue weighted by Gasteiger charge is -2.07. The van der Waals surface area contributed by atoms with Gasteiger partial charge in [-0.1, -0.05) is 60.7 Å². The van der Waals surface area contributed by atoms with Gasteiger partial charge >= 0.3 is 0 Å². The number of benzene rings is 6. The monoisotopic (exact) mass is 414 g/mol. The Balaban J connectivity index is 1.44. The van der Waals surface area contributed by atoms with Crippen LogP contribution in [0, 0.1) is 0 Å². The van der Waals surface area contributed by atoms with Gasteiger partial charge in [-0.15, -0.1) is 10.2 Å². The quantitative estimate of drug-likeness (QED) is 0.222. The topological polar surface area (TPSA) is 65.2 Å². The van der Waals surface area contributed by atoms with Gasteiger partial charge in [-0.3, -0.25) is 0 Å². The summed E-state index contributed by atoms with van der Waals surface area (Å²) in [5.41, 5.74) is 0.705. The Hall–Kier alpha value is -4.44. The largest absolute Gasteiger partial charge is 0.505 e.